The predicted octanol–water partition coefficient (Wildman–Crippen LogP) is 4.86. The van der Waals surface area contributed by atoms with Crippen molar-refractivity contribution in [3.8, 4) is 0 Å². The molecule has 2 aliphatic rings. The molecule has 0 bridgehead atoms. The third-order valence-corrected chi connectivity index (χ3v) is 6.38. The summed E-state index contributed by atoms with van der Waals surface area (Å²) < 4.78 is 0. The number of hydrogen-bond acceptors (Lipinski definition) is 0. The number of fused-ring (bicyclic) bond motifs is 2. The molecule has 2 aromatic rings. The molecule has 2 aromatic carbocycles. The highest BCUT2D eigenvalue weighted by Gasteiger charge is 2.42. The van der Waals surface area contributed by atoms with E-state index in [0.717, 1.165) is 12.8 Å². The van der Waals surface area contributed by atoms with E-state index >= 15 is 0 Å². The van der Waals surface area contributed by atoms with Crippen LogP contribution in [0.15, 0.2) is 42.5 Å². The monoisotopic (exact) mass is 330 g/mol. The number of aryl methyl sites for hydroxylation is 1. The van der Waals surface area contributed by atoms with Gasteiger partial charge in [-0.25, -0.2) is 0 Å². The number of benzene rings is 2. The largest absolute Gasteiger partial charge is 0.0697 e. The lowest BCUT2D eigenvalue weighted by atomic mass is 9.82. The Labute approximate surface area is 152 Å². The van der Waals surface area contributed by atoms with Gasteiger partial charge < -0.3 is 0 Å². The summed E-state index contributed by atoms with van der Waals surface area (Å²) in [5.74, 6) is 0.562. The number of hydrogen-bond donors (Lipinski definition) is 0. The van der Waals surface area contributed by atoms with E-state index in [-0.39, 0.29) is 10.8 Å². The van der Waals surface area contributed by atoms with Gasteiger partial charge in [0.25, 0.3) is 0 Å². The van der Waals surface area contributed by atoms with Gasteiger partial charge in [0.1, 0.15) is 0 Å². The standard InChI is InChI=1S/C25H30/c1-17-13-19-14-22-23(25(4,5)16-24(22,2)3)15-21(19)20(17)12-11-18-9-7-6-8-10-18/h6-10,13-15,17H,11-12,16H2,1-5H3. The zero-order chi connectivity index (χ0) is 17.8. The molecular weight excluding hydrogens is 300 g/mol. The zero-order valence-electron chi connectivity index (χ0n) is 16.3. The van der Waals surface area contributed by atoms with Crippen molar-refractivity contribution in [2.75, 3.05) is 0 Å². The van der Waals surface area contributed by atoms with Crippen molar-refractivity contribution in [1.29, 1.82) is 0 Å². The van der Waals surface area contributed by atoms with Crippen LogP contribution in [0, 0.1) is 5.92 Å². The van der Waals surface area contributed by atoms with E-state index in [0.29, 0.717) is 5.92 Å². The Kier molecular flexibility index (Phi) is 3.72. The smallest absolute Gasteiger partial charge is 0.00331 e. The predicted molar refractivity (Wildman–Crippen MR) is 108 cm³/mol. The van der Waals surface area contributed by atoms with Crippen molar-refractivity contribution in [2.24, 2.45) is 5.92 Å². The molecule has 0 heterocycles. The van der Waals surface area contributed by atoms with E-state index in [4.69, 9.17) is 0 Å². The summed E-state index contributed by atoms with van der Waals surface area (Å²) in [5, 5.41) is 2.99. The molecule has 0 saturated heterocycles. The lowest BCUT2D eigenvalue weighted by molar-refractivity contribution is 0.403. The summed E-state index contributed by atoms with van der Waals surface area (Å²) in [6.45, 7) is 12.0. The van der Waals surface area contributed by atoms with E-state index in [1.54, 1.807) is 16.7 Å². The highest BCUT2D eigenvalue weighted by atomic mass is 14.5. The van der Waals surface area contributed by atoms with Crippen molar-refractivity contribution in [3.63, 3.8) is 0 Å². The lowest BCUT2D eigenvalue weighted by Gasteiger charge is -2.22. The molecule has 0 fully saturated rings. The van der Waals surface area contributed by atoms with Crippen LogP contribution >= 0.6 is 0 Å². The Morgan fingerprint density at radius 2 is 1.52 bits per heavy atom. The molecular formula is C25H30. The van der Waals surface area contributed by atoms with E-state index in [1.165, 1.54) is 22.4 Å². The van der Waals surface area contributed by atoms with Gasteiger partial charge in [-0.3, -0.25) is 0 Å². The minimum atomic E-state index is 0.282. The fourth-order valence-electron chi connectivity index (χ4n) is 5.35. The zero-order valence-corrected chi connectivity index (χ0v) is 16.3. The van der Waals surface area contributed by atoms with Crippen molar-refractivity contribution in [1.82, 2.24) is 0 Å². The van der Waals surface area contributed by atoms with Crippen LogP contribution in [-0.4, -0.2) is 0 Å². The minimum absolute atomic E-state index is 0.282. The fourth-order valence-corrected chi connectivity index (χ4v) is 5.35. The summed E-state index contributed by atoms with van der Waals surface area (Å²) in [4.78, 5) is 0. The van der Waals surface area contributed by atoms with Crippen LogP contribution in [0.25, 0.3) is 11.6 Å². The maximum absolute atomic E-state index is 2.54. The Morgan fingerprint density at radius 3 is 2.20 bits per heavy atom. The molecule has 1 unspecified atom stereocenters. The van der Waals surface area contributed by atoms with Crippen LogP contribution in [0.5, 0.6) is 0 Å². The first kappa shape index (κ1) is 16.6. The Bertz CT molecular complexity index is 926. The topological polar surface area (TPSA) is 0 Å². The second-order valence-electron chi connectivity index (χ2n) is 9.40. The van der Waals surface area contributed by atoms with Crippen molar-refractivity contribution in [2.45, 2.75) is 64.7 Å². The summed E-state index contributed by atoms with van der Waals surface area (Å²) >= 11 is 0. The van der Waals surface area contributed by atoms with Crippen LogP contribution in [0.1, 0.15) is 64.2 Å². The average molecular weight is 331 g/mol. The van der Waals surface area contributed by atoms with Gasteiger partial charge in [0.2, 0.25) is 0 Å². The molecule has 4 rings (SSSR count). The highest BCUT2D eigenvalue weighted by molar-refractivity contribution is 5.64. The third kappa shape index (κ3) is 2.76. The lowest BCUT2D eigenvalue weighted by Crippen LogP contribution is -2.27. The highest BCUT2D eigenvalue weighted by Crippen LogP contribution is 2.48. The summed E-state index contributed by atoms with van der Waals surface area (Å²) in [7, 11) is 0. The Morgan fingerprint density at radius 1 is 0.880 bits per heavy atom. The maximum atomic E-state index is 2.54. The molecule has 0 nitrogen and oxygen atoms in total. The van der Waals surface area contributed by atoms with E-state index < -0.39 is 0 Å². The molecule has 1 atom stereocenters. The molecule has 0 radical (unpaired) electrons. The first-order valence-electron chi connectivity index (χ1n) is 9.72. The van der Waals surface area contributed by atoms with Crippen LogP contribution in [0.2, 0.25) is 0 Å². The van der Waals surface area contributed by atoms with Crippen LogP contribution in [-0.2, 0) is 17.3 Å². The van der Waals surface area contributed by atoms with Gasteiger partial charge in [0, 0.05) is 0 Å². The summed E-state index contributed by atoms with van der Waals surface area (Å²) in [5.41, 5.74) is 6.79. The van der Waals surface area contributed by atoms with E-state index in [2.05, 4.69) is 83.2 Å². The van der Waals surface area contributed by atoms with Gasteiger partial charge in [-0.05, 0) is 63.1 Å². The summed E-state index contributed by atoms with van der Waals surface area (Å²) in [6.07, 6.45) is 6.03. The molecule has 0 heteroatoms. The Balaban J connectivity index is 1.79. The SMILES string of the molecule is CC1C=c2cc3c(cc2=C1CCc1ccccc1)C(C)(C)CC3(C)C. The quantitative estimate of drug-likeness (QED) is 0.754. The normalized spacial score (nSPS) is 22.4. The second kappa shape index (κ2) is 5.59. The third-order valence-electron chi connectivity index (χ3n) is 6.38. The molecule has 25 heavy (non-hydrogen) atoms. The second-order valence-corrected chi connectivity index (χ2v) is 9.40. The Hall–Kier alpha value is -1.82. The first-order chi connectivity index (χ1) is 11.8. The summed E-state index contributed by atoms with van der Waals surface area (Å²) in [6, 6.07) is 15.9. The molecule has 0 aliphatic heterocycles. The van der Waals surface area contributed by atoms with Crippen LogP contribution in [0.4, 0.5) is 0 Å². The fraction of sp³-hybridized carbons (Fsp3) is 0.440. The maximum Gasteiger partial charge on any atom is -0.00331 e. The van der Waals surface area contributed by atoms with E-state index in [1.807, 2.05) is 0 Å². The van der Waals surface area contributed by atoms with Gasteiger partial charge in [0.05, 0.1) is 0 Å². The van der Waals surface area contributed by atoms with Crippen molar-refractivity contribution >= 4 is 11.6 Å². The van der Waals surface area contributed by atoms with Gasteiger partial charge >= 0.3 is 0 Å². The van der Waals surface area contributed by atoms with Gasteiger partial charge in [-0.15, -0.1) is 0 Å². The average Bonchev–Trinajstić information content (AvgIpc) is 2.95. The number of rotatable bonds is 3. The molecule has 2 aliphatic carbocycles. The molecule has 0 amide bonds. The van der Waals surface area contributed by atoms with Crippen LogP contribution < -0.4 is 10.4 Å². The molecule has 0 aromatic heterocycles. The molecule has 0 N–H and O–H groups in total. The molecule has 0 saturated carbocycles. The van der Waals surface area contributed by atoms with Gasteiger partial charge in [-0.2, -0.15) is 0 Å². The molecule has 0 spiro atoms. The van der Waals surface area contributed by atoms with E-state index in [9.17, 15) is 0 Å². The van der Waals surface area contributed by atoms with Crippen molar-refractivity contribution in [3.05, 3.63) is 69.6 Å². The van der Waals surface area contributed by atoms with Gasteiger partial charge in [0.15, 0.2) is 0 Å². The van der Waals surface area contributed by atoms with Gasteiger partial charge in [-0.1, -0.05) is 88.7 Å². The molecule has 130 valence electrons. The van der Waals surface area contributed by atoms with Crippen LogP contribution in [0.3, 0.4) is 0 Å². The first-order valence-corrected chi connectivity index (χ1v) is 9.72. The van der Waals surface area contributed by atoms with Crippen molar-refractivity contribution < 1.29 is 0 Å². The minimum Gasteiger partial charge on any atom is -0.0697 e.